The minimum absolute atomic E-state index is 0.121. The SMILES string of the molecule is CCc1ccc(C2=C[C@@H](c3ccccc3)n3ncc(C(=O)Nc4cccc(C)c4)c3N2)cc1. The second kappa shape index (κ2) is 8.79. The van der Waals surface area contributed by atoms with Gasteiger partial charge in [0.25, 0.3) is 5.91 Å². The highest BCUT2D eigenvalue weighted by atomic mass is 16.1. The molecule has 2 heterocycles. The molecule has 0 spiro atoms. The molecule has 0 fully saturated rings. The third kappa shape index (κ3) is 4.17. The van der Waals surface area contributed by atoms with E-state index in [0.29, 0.717) is 11.4 Å². The summed E-state index contributed by atoms with van der Waals surface area (Å²) in [5.41, 5.74) is 6.80. The third-order valence-corrected chi connectivity index (χ3v) is 5.97. The van der Waals surface area contributed by atoms with Crippen molar-refractivity contribution < 1.29 is 4.79 Å². The van der Waals surface area contributed by atoms with Crippen LogP contribution in [0.5, 0.6) is 0 Å². The first-order chi connectivity index (χ1) is 16.1. The number of amides is 1. The van der Waals surface area contributed by atoms with Crippen molar-refractivity contribution in [1.82, 2.24) is 9.78 Å². The quantitative estimate of drug-likeness (QED) is 0.401. The number of aryl methyl sites for hydroxylation is 2. The molecule has 5 rings (SSSR count). The van der Waals surface area contributed by atoms with Crippen molar-refractivity contribution in [2.75, 3.05) is 10.6 Å². The Morgan fingerprint density at radius 3 is 2.55 bits per heavy atom. The Kier molecular flexibility index (Phi) is 5.53. The topological polar surface area (TPSA) is 59.0 Å². The fraction of sp³-hybridized carbons (Fsp3) is 0.143. The molecule has 1 aromatic heterocycles. The summed E-state index contributed by atoms with van der Waals surface area (Å²) in [5.74, 6) is 0.495. The average molecular weight is 435 g/mol. The van der Waals surface area contributed by atoms with E-state index in [1.807, 2.05) is 54.1 Å². The van der Waals surface area contributed by atoms with Gasteiger partial charge in [0.2, 0.25) is 0 Å². The monoisotopic (exact) mass is 434 g/mol. The summed E-state index contributed by atoms with van der Waals surface area (Å²) in [6.45, 7) is 4.15. The van der Waals surface area contributed by atoms with Crippen LogP contribution in [0.15, 0.2) is 91.1 Å². The number of fused-ring (bicyclic) bond motifs is 1. The van der Waals surface area contributed by atoms with Crippen LogP contribution in [0.1, 0.15) is 45.6 Å². The number of benzene rings is 3. The highest BCUT2D eigenvalue weighted by molar-refractivity contribution is 6.08. The van der Waals surface area contributed by atoms with E-state index in [4.69, 9.17) is 0 Å². The molecule has 1 aliphatic heterocycles. The lowest BCUT2D eigenvalue weighted by Crippen LogP contribution is -2.22. The van der Waals surface area contributed by atoms with Crippen LogP contribution < -0.4 is 10.6 Å². The van der Waals surface area contributed by atoms with Gasteiger partial charge in [0.1, 0.15) is 11.4 Å². The van der Waals surface area contributed by atoms with Gasteiger partial charge in [0, 0.05) is 11.4 Å². The average Bonchev–Trinajstić information content (AvgIpc) is 3.28. The predicted octanol–water partition coefficient (Wildman–Crippen LogP) is 6.06. The zero-order valence-corrected chi connectivity index (χ0v) is 18.7. The molecule has 1 atom stereocenters. The summed E-state index contributed by atoms with van der Waals surface area (Å²) >= 11 is 0. The minimum Gasteiger partial charge on any atom is -0.339 e. The maximum Gasteiger partial charge on any atom is 0.261 e. The van der Waals surface area contributed by atoms with Crippen molar-refractivity contribution >= 4 is 23.1 Å². The molecule has 4 aromatic rings. The van der Waals surface area contributed by atoms with Crippen LogP contribution in [0.2, 0.25) is 0 Å². The molecule has 5 heteroatoms. The van der Waals surface area contributed by atoms with Crippen LogP contribution in [-0.2, 0) is 6.42 Å². The summed E-state index contributed by atoms with van der Waals surface area (Å²) in [6, 6.07) is 26.4. The van der Waals surface area contributed by atoms with Crippen molar-refractivity contribution in [3.63, 3.8) is 0 Å². The van der Waals surface area contributed by atoms with Crippen molar-refractivity contribution in [3.05, 3.63) is 119 Å². The molecule has 1 amide bonds. The number of hydrogen-bond donors (Lipinski definition) is 2. The molecular weight excluding hydrogens is 408 g/mol. The van der Waals surface area contributed by atoms with Crippen LogP contribution in [0.25, 0.3) is 5.70 Å². The number of nitrogens with zero attached hydrogens (tertiary/aromatic N) is 2. The summed E-state index contributed by atoms with van der Waals surface area (Å²) in [4.78, 5) is 13.2. The van der Waals surface area contributed by atoms with E-state index in [1.54, 1.807) is 6.20 Å². The second-order valence-electron chi connectivity index (χ2n) is 8.29. The fourth-order valence-electron chi connectivity index (χ4n) is 4.16. The van der Waals surface area contributed by atoms with Crippen LogP contribution >= 0.6 is 0 Å². The Bertz CT molecular complexity index is 1320. The van der Waals surface area contributed by atoms with Gasteiger partial charge in [-0.3, -0.25) is 4.79 Å². The Balaban J connectivity index is 1.54. The van der Waals surface area contributed by atoms with Crippen molar-refractivity contribution in [2.24, 2.45) is 0 Å². The lowest BCUT2D eigenvalue weighted by molar-refractivity contribution is 0.102. The lowest BCUT2D eigenvalue weighted by atomic mass is 10.00. The van der Waals surface area contributed by atoms with Gasteiger partial charge < -0.3 is 10.6 Å². The normalized spacial score (nSPS) is 14.7. The van der Waals surface area contributed by atoms with E-state index in [-0.39, 0.29) is 11.9 Å². The summed E-state index contributed by atoms with van der Waals surface area (Å²) in [5, 5.41) is 11.1. The number of nitrogens with one attached hydrogen (secondary N) is 2. The molecule has 164 valence electrons. The van der Waals surface area contributed by atoms with Gasteiger partial charge in [-0.2, -0.15) is 5.10 Å². The highest BCUT2D eigenvalue weighted by Gasteiger charge is 2.27. The fourth-order valence-corrected chi connectivity index (χ4v) is 4.16. The van der Waals surface area contributed by atoms with E-state index >= 15 is 0 Å². The van der Waals surface area contributed by atoms with Gasteiger partial charge in [0.15, 0.2) is 0 Å². The molecule has 2 N–H and O–H groups in total. The Hall–Kier alpha value is -4.12. The lowest BCUT2D eigenvalue weighted by Gasteiger charge is -2.26. The molecule has 0 bridgehead atoms. The molecule has 1 aliphatic rings. The van der Waals surface area contributed by atoms with Crippen molar-refractivity contribution in [1.29, 1.82) is 0 Å². The van der Waals surface area contributed by atoms with Crippen LogP contribution in [0, 0.1) is 6.92 Å². The van der Waals surface area contributed by atoms with E-state index in [9.17, 15) is 4.79 Å². The summed E-state index contributed by atoms with van der Waals surface area (Å²) < 4.78 is 1.88. The first kappa shape index (κ1) is 20.8. The maximum atomic E-state index is 13.2. The number of anilines is 2. The molecular formula is C28H26N4O. The smallest absolute Gasteiger partial charge is 0.261 e. The molecule has 0 saturated carbocycles. The standard InChI is InChI=1S/C28H26N4O/c1-3-20-12-14-21(15-13-20)25-17-26(22-9-5-4-6-10-22)32-27(31-25)24(18-29-32)28(33)30-23-11-7-8-19(2)16-23/h4-18,26,31H,3H2,1-2H3,(H,30,33)/t26-/m0/s1. The number of hydrogen-bond acceptors (Lipinski definition) is 3. The molecule has 0 unspecified atom stereocenters. The van der Waals surface area contributed by atoms with Gasteiger partial charge in [-0.1, -0.05) is 73.7 Å². The summed E-state index contributed by atoms with van der Waals surface area (Å²) in [6.07, 6.45) is 4.80. The van der Waals surface area contributed by atoms with Crippen molar-refractivity contribution in [2.45, 2.75) is 26.3 Å². The van der Waals surface area contributed by atoms with Gasteiger partial charge in [0.05, 0.1) is 12.2 Å². The van der Waals surface area contributed by atoms with Gasteiger partial charge in [-0.25, -0.2) is 4.68 Å². The number of carbonyl (C=O) groups excluding carboxylic acids is 1. The first-order valence-corrected chi connectivity index (χ1v) is 11.2. The largest absolute Gasteiger partial charge is 0.339 e. The Morgan fingerprint density at radius 1 is 1.03 bits per heavy atom. The van der Waals surface area contributed by atoms with Crippen LogP contribution in [0.3, 0.4) is 0 Å². The third-order valence-electron chi connectivity index (χ3n) is 5.97. The van der Waals surface area contributed by atoms with E-state index in [2.05, 4.69) is 65.1 Å². The maximum absolute atomic E-state index is 13.2. The highest BCUT2D eigenvalue weighted by Crippen LogP contribution is 2.35. The van der Waals surface area contributed by atoms with Crippen molar-refractivity contribution in [3.8, 4) is 0 Å². The molecule has 5 nitrogen and oxygen atoms in total. The number of carbonyl (C=O) groups is 1. The van der Waals surface area contributed by atoms with Gasteiger partial charge in [-0.15, -0.1) is 0 Å². The van der Waals surface area contributed by atoms with E-state index < -0.39 is 0 Å². The Morgan fingerprint density at radius 2 is 1.82 bits per heavy atom. The molecule has 0 saturated heterocycles. The van der Waals surface area contributed by atoms with Gasteiger partial charge in [-0.05, 0) is 53.8 Å². The first-order valence-electron chi connectivity index (χ1n) is 11.2. The number of allylic oxidation sites excluding steroid dienone is 1. The van der Waals surface area contributed by atoms with Gasteiger partial charge >= 0.3 is 0 Å². The molecule has 33 heavy (non-hydrogen) atoms. The second-order valence-corrected chi connectivity index (χ2v) is 8.29. The minimum atomic E-state index is -0.191. The predicted molar refractivity (Wildman–Crippen MR) is 133 cm³/mol. The molecule has 0 radical (unpaired) electrons. The van der Waals surface area contributed by atoms with E-state index in [1.165, 1.54) is 5.56 Å². The zero-order chi connectivity index (χ0) is 22.8. The zero-order valence-electron chi connectivity index (χ0n) is 18.7. The molecule has 0 aliphatic carbocycles. The number of rotatable bonds is 5. The summed E-state index contributed by atoms with van der Waals surface area (Å²) in [7, 11) is 0. The molecule has 3 aromatic carbocycles. The van der Waals surface area contributed by atoms with Crippen LogP contribution in [0.4, 0.5) is 11.5 Å². The number of aromatic nitrogens is 2. The van der Waals surface area contributed by atoms with Crippen LogP contribution in [-0.4, -0.2) is 15.7 Å². The van der Waals surface area contributed by atoms with E-state index in [0.717, 1.165) is 34.5 Å². The Labute approximate surface area is 193 Å².